The second kappa shape index (κ2) is 6.88. The molecule has 132 valence electrons. The molecule has 2 N–H and O–H groups in total. The molecule has 25 heavy (non-hydrogen) atoms. The van der Waals surface area contributed by atoms with Crippen molar-refractivity contribution in [1.82, 2.24) is 10.3 Å². The number of anilines is 1. The van der Waals surface area contributed by atoms with E-state index in [2.05, 4.69) is 15.6 Å². The lowest BCUT2D eigenvalue weighted by Gasteiger charge is -2.30. The summed E-state index contributed by atoms with van der Waals surface area (Å²) < 4.78 is 11.2. The standard InChI is InChI=1S/C19H23N3O3/c1-24-16-7-6-15(14-3-2-9-20-18(14)16)22-19(23)21-13-8-10-25-17(11-13)12-4-5-12/h2-3,6-7,9,12-13,17H,4-5,8,10-11H2,1H3,(H2,21,22,23)/t13-,17+/m1/s1. The van der Waals surface area contributed by atoms with Crippen LogP contribution >= 0.6 is 0 Å². The van der Waals surface area contributed by atoms with E-state index >= 15 is 0 Å². The van der Waals surface area contributed by atoms with E-state index in [4.69, 9.17) is 9.47 Å². The first-order valence-electron chi connectivity index (χ1n) is 8.85. The van der Waals surface area contributed by atoms with Gasteiger partial charge in [0.1, 0.15) is 11.3 Å². The second-order valence-corrected chi connectivity index (χ2v) is 6.78. The summed E-state index contributed by atoms with van der Waals surface area (Å²) in [6.45, 7) is 0.724. The van der Waals surface area contributed by atoms with Crippen LogP contribution in [0.2, 0.25) is 0 Å². The lowest BCUT2D eigenvalue weighted by Crippen LogP contribution is -2.44. The molecule has 2 aliphatic rings. The summed E-state index contributed by atoms with van der Waals surface area (Å²) in [5, 5.41) is 6.91. The van der Waals surface area contributed by atoms with Crippen LogP contribution in [0, 0.1) is 5.92 Å². The lowest BCUT2D eigenvalue weighted by atomic mass is 10.0. The van der Waals surface area contributed by atoms with Gasteiger partial charge in [0.2, 0.25) is 0 Å². The summed E-state index contributed by atoms with van der Waals surface area (Å²) in [4.78, 5) is 16.8. The predicted octanol–water partition coefficient (Wildman–Crippen LogP) is 3.32. The van der Waals surface area contributed by atoms with Crippen LogP contribution in [0.15, 0.2) is 30.5 Å². The molecule has 1 aromatic heterocycles. The maximum absolute atomic E-state index is 12.5. The van der Waals surface area contributed by atoms with Gasteiger partial charge < -0.3 is 20.1 Å². The summed E-state index contributed by atoms with van der Waals surface area (Å²) in [6, 6.07) is 7.43. The first kappa shape index (κ1) is 16.1. The number of nitrogens with one attached hydrogen (secondary N) is 2. The van der Waals surface area contributed by atoms with Crippen molar-refractivity contribution >= 4 is 22.6 Å². The zero-order valence-corrected chi connectivity index (χ0v) is 14.3. The highest BCUT2D eigenvalue weighted by Gasteiger charge is 2.36. The van der Waals surface area contributed by atoms with Crippen molar-refractivity contribution in [2.45, 2.75) is 37.8 Å². The highest BCUT2D eigenvalue weighted by Crippen LogP contribution is 2.38. The Morgan fingerprint density at radius 2 is 2.16 bits per heavy atom. The van der Waals surface area contributed by atoms with Crippen molar-refractivity contribution < 1.29 is 14.3 Å². The lowest BCUT2D eigenvalue weighted by molar-refractivity contribution is -0.00889. The fourth-order valence-corrected chi connectivity index (χ4v) is 3.52. The third kappa shape index (κ3) is 3.54. The van der Waals surface area contributed by atoms with Gasteiger partial charge in [0.15, 0.2) is 0 Å². The van der Waals surface area contributed by atoms with Crippen molar-refractivity contribution in [2.75, 3.05) is 19.0 Å². The van der Waals surface area contributed by atoms with E-state index < -0.39 is 0 Å². The third-order valence-corrected chi connectivity index (χ3v) is 5.00. The van der Waals surface area contributed by atoms with E-state index in [1.807, 2.05) is 24.3 Å². The van der Waals surface area contributed by atoms with Crippen LogP contribution < -0.4 is 15.4 Å². The molecule has 0 unspecified atom stereocenters. The molecule has 6 nitrogen and oxygen atoms in total. The number of methoxy groups -OCH3 is 1. The van der Waals surface area contributed by atoms with E-state index in [-0.39, 0.29) is 12.1 Å². The molecular weight excluding hydrogens is 318 g/mol. The highest BCUT2D eigenvalue weighted by molar-refractivity contribution is 6.02. The van der Waals surface area contributed by atoms with Gasteiger partial charge in [-0.15, -0.1) is 0 Å². The number of ether oxygens (including phenoxy) is 2. The largest absolute Gasteiger partial charge is 0.494 e. The molecule has 1 saturated carbocycles. The van der Waals surface area contributed by atoms with Crippen LogP contribution in [0.1, 0.15) is 25.7 Å². The Morgan fingerprint density at radius 1 is 1.28 bits per heavy atom. The maximum atomic E-state index is 12.5. The van der Waals surface area contributed by atoms with E-state index in [0.29, 0.717) is 17.8 Å². The molecule has 6 heteroatoms. The van der Waals surface area contributed by atoms with Gasteiger partial charge in [-0.05, 0) is 55.9 Å². The SMILES string of the molecule is COc1ccc(NC(=O)N[C@@H]2CCO[C@H](C3CC3)C2)c2cccnc12. The van der Waals surface area contributed by atoms with Gasteiger partial charge in [-0.3, -0.25) is 4.98 Å². The number of carbonyl (C=O) groups is 1. The molecule has 0 bridgehead atoms. The number of hydrogen-bond acceptors (Lipinski definition) is 4. The highest BCUT2D eigenvalue weighted by atomic mass is 16.5. The number of benzene rings is 1. The molecule has 0 radical (unpaired) electrons. The Bertz CT molecular complexity index is 776. The zero-order chi connectivity index (χ0) is 17.2. The molecule has 1 aromatic carbocycles. The van der Waals surface area contributed by atoms with Crippen LogP contribution in [0.3, 0.4) is 0 Å². The number of hydrogen-bond donors (Lipinski definition) is 2. The minimum absolute atomic E-state index is 0.169. The summed E-state index contributed by atoms with van der Waals surface area (Å²) in [6.07, 6.45) is 6.31. The van der Waals surface area contributed by atoms with Gasteiger partial charge in [-0.2, -0.15) is 0 Å². The molecule has 2 atom stereocenters. The summed E-state index contributed by atoms with van der Waals surface area (Å²) >= 11 is 0. The van der Waals surface area contributed by atoms with Crippen molar-refractivity contribution in [3.8, 4) is 5.75 Å². The van der Waals surface area contributed by atoms with Gasteiger partial charge in [-0.1, -0.05) is 0 Å². The monoisotopic (exact) mass is 341 g/mol. The maximum Gasteiger partial charge on any atom is 0.319 e. The minimum atomic E-state index is -0.184. The van der Waals surface area contributed by atoms with Crippen molar-refractivity contribution in [3.05, 3.63) is 30.5 Å². The molecule has 1 saturated heterocycles. The Labute approximate surface area is 146 Å². The van der Waals surface area contributed by atoms with Crippen LogP contribution in [-0.4, -0.2) is 36.9 Å². The Balaban J connectivity index is 1.45. The normalized spacial score (nSPS) is 23.2. The van der Waals surface area contributed by atoms with Crippen molar-refractivity contribution in [2.24, 2.45) is 5.92 Å². The molecule has 2 amide bonds. The number of fused-ring (bicyclic) bond motifs is 1. The summed E-state index contributed by atoms with van der Waals surface area (Å²) in [7, 11) is 1.62. The Hall–Kier alpha value is -2.34. The number of pyridine rings is 1. The van der Waals surface area contributed by atoms with E-state index in [9.17, 15) is 4.79 Å². The quantitative estimate of drug-likeness (QED) is 0.895. The number of urea groups is 1. The molecule has 2 heterocycles. The molecule has 1 aliphatic carbocycles. The summed E-state index contributed by atoms with van der Waals surface area (Å²) in [5.41, 5.74) is 1.47. The fourth-order valence-electron chi connectivity index (χ4n) is 3.52. The van der Waals surface area contributed by atoms with Gasteiger partial charge >= 0.3 is 6.03 Å². The fraction of sp³-hybridized carbons (Fsp3) is 0.474. The number of carbonyl (C=O) groups excluding carboxylic acids is 1. The van der Waals surface area contributed by atoms with Crippen LogP contribution in [-0.2, 0) is 4.74 Å². The van der Waals surface area contributed by atoms with Crippen molar-refractivity contribution in [1.29, 1.82) is 0 Å². The molecule has 2 aromatic rings. The minimum Gasteiger partial charge on any atom is -0.494 e. The van der Waals surface area contributed by atoms with Gasteiger partial charge in [0.25, 0.3) is 0 Å². The zero-order valence-electron chi connectivity index (χ0n) is 14.3. The Kier molecular flexibility index (Phi) is 4.44. The van der Waals surface area contributed by atoms with Crippen LogP contribution in [0.25, 0.3) is 10.9 Å². The molecule has 2 fully saturated rings. The van der Waals surface area contributed by atoms with E-state index in [0.717, 1.165) is 36.0 Å². The van der Waals surface area contributed by atoms with E-state index in [1.54, 1.807) is 13.3 Å². The smallest absolute Gasteiger partial charge is 0.319 e. The second-order valence-electron chi connectivity index (χ2n) is 6.78. The average Bonchev–Trinajstić information content (AvgIpc) is 3.47. The molecular formula is C19H23N3O3. The number of aromatic nitrogens is 1. The van der Waals surface area contributed by atoms with Gasteiger partial charge in [0, 0.05) is 24.2 Å². The molecule has 0 spiro atoms. The first-order chi connectivity index (χ1) is 12.2. The van der Waals surface area contributed by atoms with Crippen LogP contribution in [0.5, 0.6) is 5.75 Å². The van der Waals surface area contributed by atoms with Crippen molar-refractivity contribution in [3.63, 3.8) is 0 Å². The predicted molar refractivity (Wildman–Crippen MR) is 95.9 cm³/mol. The van der Waals surface area contributed by atoms with Gasteiger partial charge in [0.05, 0.1) is 18.9 Å². The Morgan fingerprint density at radius 3 is 2.96 bits per heavy atom. The molecule has 1 aliphatic heterocycles. The summed E-state index contributed by atoms with van der Waals surface area (Å²) in [5.74, 6) is 1.39. The molecule has 4 rings (SSSR count). The third-order valence-electron chi connectivity index (χ3n) is 5.00. The van der Waals surface area contributed by atoms with Crippen LogP contribution in [0.4, 0.5) is 10.5 Å². The number of rotatable bonds is 4. The number of amides is 2. The average molecular weight is 341 g/mol. The van der Waals surface area contributed by atoms with E-state index in [1.165, 1.54) is 12.8 Å². The topological polar surface area (TPSA) is 72.5 Å². The number of nitrogens with zero attached hydrogens (tertiary/aromatic N) is 1. The van der Waals surface area contributed by atoms with Gasteiger partial charge in [-0.25, -0.2) is 4.79 Å². The first-order valence-corrected chi connectivity index (χ1v) is 8.85.